The summed E-state index contributed by atoms with van der Waals surface area (Å²) in [6, 6.07) is 14.1. The van der Waals surface area contributed by atoms with E-state index in [1.165, 1.54) is 0 Å². The van der Waals surface area contributed by atoms with Crippen molar-refractivity contribution in [3.05, 3.63) is 70.2 Å². The van der Waals surface area contributed by atoms with Gasteiger partial charge in [0, 0.05) is 5.56 Å². The highest BCUT2D eigenvalue weighted by atomic mass is 16.4. The number of nitrogens with one attached hydrogen (secondary N) is 1. The van der Waals surface area contributed by atoms with Gasteiger partial charge < -0.3 is 4.42 Å². The molecular weight excluding hydrogens is 270 g/mol. The van der Waals surface area contributed by atoms with Crippen molar-refractivity contribution >= 4 is 17.0 Å². The molecule has 0 aliphatic carbocycles. The van der Waals surface area contributed by atoms with Crippen LogP contribution in [0.1, 0.15) is 15.9 Å². The molecule has 0 bridgehead atoms. The fraction of sp³-hybridized carbons (Fsp3) is 0.0667. The number of aromatic nitrogens is 1. The Hall–Kier alpha value is -2.86. The molecule has 21 heavy (non-hydrogen) atoms. The van der Waals surface area contributed by atoms with Crippen LogP contribution in [0.15, 0.2) is 57.7 Å². The van der Waals surface area contributed by atoms with Crippen LogP contribution in [0.25, 0.3) is 11.1 Å². The SMILES string of the molecule is NNC(=O)c1ccc(Cn2c(=O)oc3ccccc32)cc1. The predicted molar refractivity (Wildman–Crippen MR) is 77.7 cm³/mol. The molecule has 0 aliphatic rings. The van der Waals surface area contributed by atoms with E-state index in [1.807, 2.05) is 18.2 Å². The summed E-state index contributed by atoms with van der Waals surface area (Å²) >= 11 is 0. The van der Waals surface area contributed by atoms with Gasteiger partial charge in [0.1, 0.15) is 0 Å². The molecule has 6 heteroatoms. The minimum Gasteiger partial charge on any atom is -0.408 e. The van der Waals surface area contributed by atoms with Crippen LogP contribution in [0.4, 0.5) is 0 Å². The highest BCUT2D eigenvalue weighted by molar-refractivity contribution is 5.93. The summed E-state index contributed by atoms with van der Waals surface area (Å²) < 4.78 is 6.73. The molecule has 3 aromatic rings. The van der Waals surface area contributed by atoms with Gasteiger partial charge in [-0.3, -0.25) is 14.8 Å². The first-order chi connectivity index (χ1) is 10.2. The van der Waals surface area contributed by atoms with Crippen molar-refractivity contribution in [2.45, 2.75) is 6.54 Å². The number of hydrogen-bond donors (Lipinski definition) is 2. The summed E-state index contributed by atoms with van der Waals surface area (Å²) in [6.45, 7) is 0.375. The highest BCUT2D eigenvalue weighted by Gasteiger charge is 2.09. The Balaban J connectivity index is 1.94. The zero-order valence-electron chi connectivity index (χ0n) is 11.1. The third-order valence-corrected chi connectivity index (χ3v) is 3.26. The Kier molecular flexibility index (Phi) is 3.29. The summed E-state index contributed by atoms with van der Waals surface area (Å²) in [5.74, 6) is 4.32. The number of nitrogens with two attached hydrogens (primary N) is 1. The Labute approximate surface area is 119 Å². The van der Waals surface area contributed by atoms with Gasteiger partial charge in [0.15, 0.2) is 5.58 Å². The van der Waals surface area contributed by atoms with E-state index in [-0.39, 0.29) is 5.91 Å². The summed E-state index contributed by atoms with van der Waals surface area (Å²) in [7, 11) is 0. The number of hydrazine groups is 1. The fourth-order valence-corrected chi connectivity index (χ4v) is 2.19. The van der Waals surface area contributed by atoms with Crippen LogP contribution in [-0.4, -0.2) is 10.5 Å². The van der Waals surface area contributed by atoms with Gasteiger partial charge >= 0.3 is 5.76 Å². The Bertz CT molecular complexity index is 846. The lowest BCUT2D eigenvalue weighted by molar-refractivity contribution is 0.0953. The quantitative estimate of drug-likeness (QED) is 0.430. The fourth-order valence-electron chi connectivity index (χ4n) is 2.19. The van der Waals surface area contributed by atoms with Gasteiger partial charge in [-0.15, -0.1) is 0 Å². The maximum atomic E-state index is 11.9. The van der Waals surface area contributed by atoms with Crippen LogP contribution in [0.2, 0.25) is 0 Å². The van der Waals surface area contributed by atoms with Crippen LogP contribution in [0.3, 0.4) is 0 Å². The average Bonchev–Trinajstić information content (AvgIpc) is 2.83. The van der Waals surface area contributed by atoms with Crippen molar-refractivity contribution < 1.29 is 9.21 Å². The number of oxazole rings is 1. The number of rotatable bonds is 3. The first-order valence-corrected chi connectivity index (χ1v) is 6.37. The van der Waals surface area contributed by atoms with E-state index in [1.54, 1.807) is 34.9 Å². The number of nitrogens with zero attached hydrogens (tertiary/aromatic N) is 1. The van der Waals surface area contributed by atoms with Crippen molar-refractivity contribution in [2.24, 2.45) is 5.84 Å². The van der Waals surface area contributed by atoms with Gasteiger partial charge in [0.25, 0.3) is 5.91 Å². The molecule has 3 N–H and O–H groups in total. The summed E-state index contributed by atoms with van der Waals surface area (Å²) in [5.41, 5.74) is 4.72. The maximum Gasteiger partial charge on any atom is 0.420 e. The number of carbonyl (C=O) groups excluding carboxylic acids is 1. The van der Waals surface area contributed by atoms with Gasteiger partial charge in [-0.2, -0.15) is 0 Å². The second-order valence-corrected chi connectivity index (χ2v) is 4.59. The van der Waals surface area contributed by atoms with Crippen molar-refractivity contribution in [1.82, 2.24) is 9.99 Å². The van der Waals surface area contributed by atoms with Crippen molar-refractivity contribution in [1.29, 1.82) is 0 Å². The topological polar surface area (TPSA) is 90.3 Å². The molecule has 1 amide bonds. The number of amides is 1. The zero-order valence-corrected chi connectivity index (χ0v) is 11.1. The largest absolute Gasteiger partial charge is 0.420 e. The molecule has 0 saturated heterocycles. The lowest BCUT2D eigenvalue weighted by Gasteiger charge is -2.04. The van der Waals surface area contributed by atoms with Crippen molar-refractivity contribution in [3.8, 4) is 0 Å². The standard InChI is InChI=1S/C15H13N3O3/c16-17-14(19)11-7-5-10(6-8-11)9-18-12-3-1-2-4-13(12)21-15(18)20/h1-8H,9,16H2,(H,17,19). The van der Waals surface area contributed by atoms with Crippen LogP contribution in [-0.2, 0) is 6.54 Å². The second-order valence-electron chi connectivity index (χ2n) is 4.59. The summed E-state index contributed by atoms with van der Waals surface area (Å²) in [4.78, 5) is 23.2. The third-order valence-electron chi connectivity index (χ3n) is 3.26. The molecule has 1 aromatic heterocycles. The lowest BCUT2D eigenvalue weighted by Crippen LogP contribution is -2.29. The van der Waals surface area contributed by atoms with Crippen molar-refractivity contribution in [2.75, 3.05) is 0 Å². The predicted octanol–water partition coefficient (Wildman–Crippen LogP) is 1.25. The number of benzene rings is 2. The first kappa shape index (κ1) is 13.1. The lowest BCUT2D eigenvalue weighted by atomic mass is 10.1. The smallest absolute Gasteiger partial charge is 0.408 e. The molecule has 1 heterocycles. The molecule has 2 aromatic carbocycles. The van der Waals surface area contributed by atoms with E-state index >= 15 is 0 Å². The van der Waals surface area contributed by atoms with Gasteiger partial charge in [-0.05, 0) is 29.8 Å². The molecule has 0 unspecified atom stereocenters. The second kappa shape index (κ2) is 5.26. The van der Waals surface area contributed by atoms with E-state index < -0.39 is 5.76 Å². The van der Waals surface area contributed by atoms with Gasteiger partial charge in [-0.25, -0.2) is 10.6 Å². The highest BCUT2D eigenvalue weighted by Crippen LogP contribution is 2.14. The molecule has 0 fully saturated rings. The normalized spacial score (nSPS) is 10.7. The number of hydrogen-bond acceptors (Lipinski definition) is 4. The van der Waals surface area contributed by atoms with Gasteiger partial charge in [0.05, 0.1) is 12.1 Å². The van der Waals surface area contributed by atoms with Crippen LogP contribution < -0.4 is 17.0 Å². The Morgan fingerprint density at radius 3 is 2.57 bits per heavy atom. The number of nitrogen functional groups attached to an aromatic ring is 1. The molecule has 0 saturated carbocycles. The minimum atomic E-state index is -0.403. The number of para-hydroxylation sites is 2. The van der Waals surface area contributed by atoms with Gasteiger partial charge in [-0.1, -0.05) is 24.3 Å². The van der Waals surface area contributed by atoms with E-state index in [4.69, 9.17) is 10.3 Å². The van der Waals surface area contributed by atoms with Crippen LogP contribution in [0, 0.1) is 0 Å². The monoisotopic (exact) mass is 283 g/mol. The minimum absolute atomic E-state index is 0.354. The number of carbonyl (C=O) groups is 1. The average molecular weight is 283 g/mol. The number of fused-ring (bicyclic) bond motifs is 1. The molecule has 3 rings (SSSR count). The molecular formula is C15H13N3O3. The van der Waals surface area contributed by atoms with E-state index in [0.29, 0.717) is 17.7 Å². The Morgan fingerprint density at radius 2 is 1.86 bits per heavy atom. The summed E-state index contributed by atoms with van der Waals surface area (Å²) in [6.07, 6.45) is 0. The van der Waals surface area contributed by atoms with E-state index in [9.17, 15) is 9.59 Å². The van der Waals surface area contributed by atoms with Gasteiger partial charge in [0.2, 0.25) is 0 Å². The zero-order chi connectivity index (χ0) is 14.8. The van der Waals surface area contributed by atoms with E-state index in [0.717, 1.165) is 11.1 Å². The molecule has 6 nitrogen and oxygen atoms in total. The molecule has 0 spiro atoms. The molecule has 0 atom stereocenters. The Morgan fingerprint density at radius 1 is 1.14 bits per heavy atom. The van der Waals surface area contributed by atoms with E-state index in [2.05, 4.69) is 5.43 Å². The maximum absolute atomic E-state index is 11.9. The summed E-state index contributed by atoms with van der Waals surface area (Å²) in [5, 5.41) is 0. The molecule has 106 valence electrons. The third kappa shape index (κ3) is 2.44. The van der Waals surface area contributed by atoms with Crippen molar-refractivity contribution in [3.63, 3.8) is 0 Å². The molecule has 0 aliphatic heterocycles. The molecule has 0 radical (unpaired) electrons. The van der Waals surface area contributed by atoms with Crippen LogP contribution in [0.5, 0.6) is 0 Å². The van der Waals surface area contributed by atoms with Crippen LogP contribution >= 0.6 is 0 Å². The first-order valence-electron chi connectivity index (χ1n) is 6.37.